The summed E-state index contributed by atoms with van der Waals surface area (Å²) in [5, 5.41) is 4.04. The molecule has 106 valence electrons. The molecule has 0 radical (unpaired) electrons. The molecule has 1 N–H and O–H groups in total. The average Bonchev–Trinajstić information content (AvgIpc) is 2.65. The SMILES string of the molecule is O=C1CN(OC(=O)c2ccccc2)Cc2ncccc2N1. The van der Waals surface area contributed by atoms with E-state index in [-0.39, 0.29) is 19.0 Å². The smallest absolute Gasteiger partial charge is 0.357 e. The Balaban J connectivity index is 1.77. The number of benzene rings is 1. The highest BCUT2D eigenvalue weighted by atomic mass is 16.7. The zero-order valence-electron chi connectivity index (χ0n) is 11.2. The Bertz CT molecular complexity index is 673. The van der Waals surface area contributed by atoms with E-state index in [1.807, 2.05) is 6.07 Å². The lowest BCUT2D eigenvalue weighted by atomic mass is 10.2. The van der Waals surface area contributed by atoms with Crippen molar-refractivity contribution in [2.24, 2.45) is 0 Å². The molecule has 0 aliphatic carbocycles. The number of carbonyl (C=O) groups excluding carboxylic acids is 2. The molecule has 0 unspecified atom stereocenters. The van der Waals surface area contributed by atoms with Gasteiger partial charge in [-0.15, -0.1) is 5.06 Å². The minimum absolute atomic E-state index is 0.0328. The van der Waals surface area contributed by atoms with E-state index in [4.69, 9.17) is 4.84 Å². The van der Waals surface area contributed by atoms with Gasteiger partial charge in [0.2, 0.25) is 5.91 Å². The van der Waals surface area contributed by atoms with E-state index in [2.05, 4.69) is 10.3 Å². The van der Waals surface area contributed by atoms with Gasteiger partial charge in [-0.3, -0.25) is 9.78 Å². The third kappa shape index (κ3) is 3.06. The van der Waals surface area contributed by atoms with Gasteiger partial charge in [0.15, 0.2) is 0 Å². The predicted octanol–water partition coefficient (Wildman–Crippen LogP) is 1.61. The molecule has 1 aromatic heterocycles. The summed E-state index contributed by atoms with van der Waals surface area (Å²) in [5.41, 5.74) is 1.73. The van der Waals surface area contributed by atoms with Gasteiger partial charge in [0.1, 0.15) is 6.54 Å². The number of fused-ring (bicyclic) bond motifs is 1. The van der Waals surface area contributed by atoms with E-state index in [0.29, 0.717) is 16.9 Å². The summed E-state index contributed by atoms with van der Waals surface area (Å²) in [4.78, 5) is 33.3. The van der Waals surface area contributed by atoms with Crippen LogP contribution in [0.3, 0.4) is 0 Å². The molecule has 1 amide bonds. The maximum absolute atomic E-state index is 12.0. The molecule has 1 aliphatic rings. The van der Waals surface area contributed by atoms with Crippen molar-refractivity contribution in [3.8, 4) is 0 Å². The Labute approximate surface area is 121 Å². The van der Waals surface area contributed by atoms with Crippen LogP contribution in [0.1, 0.15) is 16.1 Å². The standard InChI is InChI=1S/C15H13N3O3/c19-14-10-18(9-13-12(17-14)7-4-8-16-13)21-15(20)11-5-2-1-3-6-11/h1-8H,9-10H2,(H,17,19). The van der Waals surface area contributed by atoms with Crippen LogP contribution < -0.4 is 5.32 Å². The average molecular weight is 283 g/mol. The van der Waals surface area contributed by atoms with Gasteiger partial charge in [0.05, 0.1) is 23.5 Å². The van der Waals surface area contributed by atoms with E-state index < -0.39 is 5.97 Å². The second-order valence-corrected chi connectivity index (χ2v) is 4.59. The Morgan fingerprint density at radius 3 is 2.76 bits per heavy atom. The molecular formula is C15H13N3O3. The fourth-order valence-corrected chi connectivity index (χ4v) is 2.06. The number of amides is 1. The van der Waals surface area contributed by atoms with Crippen LogP contribution in [0, 0.1) is 0 Å². The fourth-order valence-electron chi connectivity index (χ4n) is 2.06. The van der Waals surface area contributed by atoms with Crippen LogP contribution in [0.5, 0.6) is 0 Å². The Kier molecular flexibility index (Phi) is 3.61. The highest BCUT2D eigenvalue weighted by molar-refractivity contribution is 5.94. The summed E-state index contributed by atoms with van der Waals surface area (Å²) in [6.07, 6.45) is 1.63. The molecule has 2 aromatic rings. The molecule has 0 atom stereocenters. The normalized spacial score (nSPS) is 14.8. The Hall–Kier alpha value is -2.73. The van der Waals surface area contributed by atoms with E-state index in [9.17, 15) is 9.59 Å². The van der Waals surface area contributed by atoms with Crippen molar-refractivity contribution in [1.82, 2.24) is 10.0 Å². The number of pyridine rings is 1. The van der Waals surface area contributed by atoms with Crippen molar-refractivity contribution in [2.45, 2.75) is 6.54 Å². The quantitative estimate of drug-likeness (QED) is 0.906. The van der Waals surface area contributed by atoms with Crippen molar-refractivity contribution < 1.29 is 14.4 Å². The maximum Gasteiger partial charge on any atom is 0.357 e. The van der Waals surface area contributed by atoms with Crippen LogP contribution in [0.4, 0.5) is 5.69 Å². The van der Waals surface area contributed by atoms with Gasteiger partial charge in [-0.25, -0.2) is 4.79 Å². The number of rotatable bonds is 2. The minimum atomic E-state index is -0.497. The Morgan fingerprint density at radius 2 is 1.95 bits per heavy atom. The summed E-state index contributed by atoms with van der Waals surface area (Å²) >= 11 is 0. The predicted molar refractivity (Wildman–Crippen MR) is 75.1 cm³/mol. The lowest BCUT2D eigenvalue weighted by Gasteiger charge is -2.17. The monoisotopic (exact) mass is 283 g/mol. The second-order valence-electron chi connectivity index (χ2n) is 4.59. The molecule has 6 nitrogen and oxygen atoms in total. The number of nitrogens with zero attached hydrogens (tertiary/aromatic N) is 2. The number of hydroxylamine groups is 2. The van der Waals surface area contributed by atoms with Crippen LogP contribution in [0.25, 0.3) is 0 Å². The van der Waals surface area contributed by atoms with Gasteiger partial charge < -0.3 is 10.2 Å². The van der Waals surface area contributed by atoms with Gasteiger partial charge >= 0.3 is 5.97 Å². The first-order chi connectivity index (χ1) is 10.2. The van der Waals surface area contributed by atoms with Gasteiger partial charge in [-0.05, 0) is 24.3 Å². The van der Waals surface area contributed by atoms with E-state index in [1.54, 1.807) is 42.6 Å². The number of hydrogen-bond donors (Lipinski definition) is 1. The fraction of sp³-hybridized carbons (Fsp3) is 0.133. The van der Waals surface area contributed by atoms with Crippen LogP contribution in [-0.4, -0.2) is 28.5 Å². The van der Waals surface area contributed by atoms with Crippen LogP contribution >= 0.6 is 0 Å². The summed E-state index contributed by atoms with van der Waals surface area (Å²) in [6.45, 7) is 0.225. The number of aromatic nitrogens is 1. The second kappa shape index (κ2) is 5.72. The maximum atomic E-state index is 12.0. The van der Waals surface area contributed by atoms with Gasteiger partial charge in [-0.1, -0.05) is 18.2 Å². The topological polar surface area (TPSA) is 71.5 Å². The highest BCUT2D eigenvalue weighted by Crippen LogP contribution is 2.18. The van der Waals surface area contributed by atoms with E-state index >= 15 is 0 Å². The molecule has 0 bridgehead atoms. The lowest BCUT2D eigenvalue weighted by Crippen LogP contribution is -2.32. The van der Waals surface area contributed by atoms with Gasteiger partial charge in [0.25, 0.3) is 0 Å². The molecule has 1 aliphatic heterocycles. The van der Waals surface area contributed by atoms with Crippen LogP contribution in [-0.2, 0) is 16.2 Å². The molecule has 21 heavy (non-hydrogen) atoms. The summed E-state index contributed by atoms with van der Waals surface area (Å²) in [7, 11) is 0. The van der Waals surface area contributed by atoms with E-state index in [0.717, 1.165) is 0 Å². The first kappa shape index (κ1) is 13.3. The van der Waals surface area contributed by atoms with Crippen molar-refractivity contribution in [3.63, 3.8) is 0 Å². The third-order valence-corrected chi connectivity index (χ3v) is 3.03. The summed E-state index contributed by atoms with van der Waals surface area (Å²) < 4.78 is 0. The molecule has 0 fully saturated rings. The van der Waals surface area contributed by atoms with Crippen molar-refractivity contribution in [2.75, 3.05) is 11.9 Å². The van der Waals surface area contributed by atoms with Crippen LogP contribution in [0.2, 0.25) is 0 Å². The molecule has 0 saturated heterocycles. The van der Waals surface area contributed by atoms with Crippen molar-refractivity contribution >= 4 is 17.6 Å². The number of hydrogen-bond acceptors (Lipinski definition) is 5. The minimum Gasteiger partial charge on any atom is -0.363 e. The lowest BCUT2D eigenvalue weighted by molar-refractivity contribution is -0.138. The number of nitrogens with one attached hydrogen (secondary N) is 1. The van der Waals surface area contributed by atoms with E-state index in [1.165, 1.54) is 5.06 Å². The molecule has 3 rings (SSSR count). The molecule has 1 aromatic carbocycles. The largest absolute Gasteiger partial charge is 0.363 e. The summed E-state index contributed by atoms with van der Waals surface area (Å²) in [5.74, 6) is -0.745. The van der Waals surface area contributed by atoms with Crippen molar-refractivity contribution in [3.05, 3.63) is 59.9 Å². The molecule has 6 heteroatoms. The number of carbonyl (C=O) groups is 2. The zero-order valence-corrected chi connectivity index (χ0v) is 11.2. The van der Waals surface area contributed by atoms with Gasteiger partial charge in [-0.2, -0.15) is 0 Å². The molecule has 2 heterocycles. The Morgan fingerprint density at radius 1 is 1.14 bits per heavy atom. The number of anilines is 1. The molecular weight excluding hydrogens is 270 g/mol. The first-order valence-corrected chi connectivity index (χ1v) is 6.48. The zero-order chi connectivity index (χ0) is 14.7. The highest BCUT2D eigenvalue weighted by Gasteiger charge is 2.23. The third-order valence-electron chi connectivity index (χ3n) is 3.03. The molecule has 0 spiro atoms. The molecule has 0 saturated carbocycles. The summed E-state index contributed by atoms with van der Waals surface area (Å²) in [6, 6.07) is 12.1. The van der Waals surface area contributed by atoms with Crippen molar-refractivity contribution in [1.29, 1.82) is 0 Å². The van der Waals surface area contributed by atoms with Gasteiger partial charge in [0, 0.05) is 6.20 Å². The van der Waals surface area contributed by atoms with Crippen LogP contribution in [0.15, 0.2) is 48.7 Å². The first-order valence-electron chi connectivity index (χ1n) is 6.48.